The van der Waals surface area contributed by atoms with Gasteiger partial charge in [0.25, 0.3) is 5.91 Å². The highest BCUT2D eigenvalue weighted by Gasteiger charge is 2.06. The van der Waals surface area contributed by atoms with Crippen molar-refractivity contribution >= 4 is 34.4 Å². The maximum Gasteiger partial charge on any atom is 0.331 e. The van der Waals surface area contributed by atoms with E-state index in [4.69, 9.17) is 9.47 Å². The number of benzene rings is 3. The van der Waals surface area contributed by atoms with Gasteiger partial charge < -0.3 is 14.8 Å². The monoisotopic (exact) mass is 361 g/mol. The number of nitrogens with one attached hydrogen (secondary N) is 1. The minimum Gasteiger partial charge on any atom is -0.497 e. The first kappa shape index (κ1) is 18.2. The molecule has 5 nitrogen and oxygen atoms in total. The third-order valence-electron chi connectivity index (χ3n) is 3.94. The molecule has 5 heteroatoms. The fourth-order valence-electron chi connectivity index (χ4n) is 2.61. The molecule has 0 spiro atoms. The summed E-state index contributed by atoms with van der Waals surface area (Å²) in [6.07, 6.45) is 3.01. The van der Waals surface area contributed by atoms with Crippen molar-refractivity contribution in [3.63, 3.8) is 0 Å². The van der Waals surface area contributed by atoms with Gasteiger partial charge in [-0.2, -0.15) is 0 Å². The molecule has 0 bridgehead atoms. The molecular formula is C22H19NO4. The van der Waals surface area contributed by atoms with E-state index < -0.39 is 11.9 Å². The molecule has 3 aromatic rings. The van der Waals surface area contributed by atoms with Crippen molar-refractivity contribution < 1.29 is 19.1 Å². The second-order valence-electron chi connectivity index (χ2n) is 5.79. The molecule has 0 saturated heterocycles. The van der Waals surface area contributed by atoms with Crippen molar-refractivity contribution in [3.8, 4) is 5.75 Å². The topological polar surface area (TPSA) is 64.6 Å². The van der Waals surface area contributed by atoms with E-state index in [-0.39, 0.29) is 6.61 Å². The van der Waals surface area contributed by atoms with E-state index >= 15 is 0 Å². The number of esters is 1. The lowest BCUT2D eigenvalue weighted by Crippen LogP contribution is -2.20. The summed E-state index contributed by atoms with van der Waals surface area (Å²) in [6.45, 7) is -0.356. The zero-order valence-electron chi connectivity index (χ0n) is 14.8. The molecule has 0 heterocycles. The minimum atomic E-state index is -0.576. The largest absolute Gasteiger partial charge is 0.497 e. The lowest BCUT2D eigenvalue weighted by molar-refractivity contribution is -0.142. The second kappa shape index (κ2) is 8.67. The first-order valence-electron chi connectivity index (χ1n) is 8.42. The summed E-state index contributed by atoms with van der Waals surface area (Å²) in [5, 5.41) is 4.78. The molecule has 0 saturated carbocycles. The number of carbonyl (C=O) groups is 2. The number of methoxy groups -OCH3 is 1. The summed E-state index contributed by atoms with van der Waals surface area (Å²) in [4.78, 5) is 23.8. The minimum absolute atomic E-state index is 0.356. The number of hydrogen-bond donors (Lipinski definition) is 1. The summed E-state index contributed by atoms with van der Waals surface area (Å²) >= 11 is 0. The molecular weight excluding hydrogens is 342 g/mol. The Hall–Kier alpha value is -3.60. The highest BCUT2D eigenvalue weighted by Crippen LogP contribution is 2.19. The van der Waals surface area contributed by atoms with Crippen molar-refractivity contribution in [1.82, 2.24) is 0 Å². The van der Waals surface area contributed by atoms with Crippen molar-refractivity contribution in [2.24, 2.45) is 0 Å². The van der Waals surface area contributed by atoms with Crippen LogP contribution in [0.4, 0.5) is 5.69 Å². The van der Waals surface area contributed by atoms with Crippen molar-refractivity contribution in [1.29, 1.82) is 0 Å². The van der Waals surface area contributed by atoms with Gasteiger partial charge in [-0.1, -0.05) is 42.5 Å². The first-order chi connectivity index (χ1) is 13.2. The van der Waals surface area contributed by atoms with Gasteiger partial charge in [-0.25, -0.2) is 4.79 Å². The molecule has 1 N–H and O–H groups in total. The molecule has 27 heavy (non-hydrogen) atoms. The second-order valence-corrected chi connectivity index (χ2v) is 5.79. The third kappa shape index (κ3) is 4.95. The van der Waals surface area contributed by atoms with E-state index in [2.05, 4.69) is 5.32 Å². The van der Waals surface area contributed by atoms with Gasteiger partial charge in [0.2, 0.25) is 0 Å². The van der Waals surface area contributed by atoms with Crippen LogP contribution >= 0.6 is 0 Å². The summed E-state index contributed by atoms with van der Waals surface area (Å²) in [6, 6.07) is 20.6. The summed E-state index contributed by atoms with van der Waals surface area (Å²) < 4.78 is 10.0. The Balaban J connectivity index is 1.54. The Bertz CT molecular complexity index is 972. The summed E-state index contributed by atoms with van der Waals surface area (Å²) in [5.74, 6) is -0.294. The van der Waals surface area contributed by atoms with Crippen LogP contribution < -0.4 is 10.1 Å². The number of amides is 1. The zero-order valence-corrected chi connectivity index (χ0v) is 14.8. The van der Waals surface area contributed by atoms with Gasteiger partial charge in [-0.15, -0.1) is 0 Å². The first-order valence-corrected chi connectivity index (χ1v) is 8.42. The smallest absolute Gasteiger partial charge is 0.331 e. The Morgan fingerprint density at radius 2 is 1.70 bits per heavy atom. The number of carbonyl (C=O) groups excluding carboxylic acids is 2. The summed E-state index contributed by atoms with van der Waals surface area (Å²) in [5.41, 5.74) is 1.51. The average Bonchev–Trinajstić information content (AvgIpc) is 2.71. The predicted molar refractivity (Wildman–Crippen MR) is 106 cm³/mol. The van der Waals surface area contributed by atoms with Crippen LogP contribution in [0.15, 0.2) is 72.8 Å². The summed E-state index contributed by atoms with van der Waals surface area (Å²) in [7, 11) is 1.57. The van der Waals surface area contributed by atoms with Crippen LogP contribution in [0.2, 0.25) is 0 Å². The standard InChI is InChI=1S/C22H19NO4/c1-26-19-12-10-18(11-13-19)23-21(24)15-27-22(25)14-9-17-7-4-6-16-5-2-3-8-20(16)17/h2-14H,15H2,1H3,(H,23,24). The lowest BCUT2D eigenvalue weighted by Gasteiger charge is -2.06. The molecule has 1 amide bonds. The maximum atomic E-state index is 11.9. The number of hydrogen-bond acceptors (Lipinski definition) is 4. The molecule has 3 aromatic carbocycles. The molecule has 3 rings (SSSR count). The van der Waals surface area contributed by atoms with Gasteiger partial charge in [0.05, 0.1) is 7.11 Å². The Morgan fingerprint density at radius 3 is 2.48 bits per heavy atom. The number of rotatable bonds is 6. The number of fused-ring (bicyclic) bond motifs is 1. The quantitative estimate of drug-likeness (QED) is 0.531. The van der Waals surface area contributed by atoms with Gasteiger partial charge in [-0.05, 0) is 46.7 Å². The average molecular weight is 361 g/mol. The van der Waals surface area contributed by atoms with Crippen molar-refractivity contribution in [3.05, 3.63) is 78.4 Å². The van der Waals surface area contributed by atoms with Crippen LogP contribution in [-0.4, -0.2) is 25.6 Å². The maximum absolute atomic E-state index is 11.9. The normalized spacial score (nSPS) is 10.7. The zero-order chi connectivity index (χ0) is 19.1. The Labute approximate surface area is 157 Å². The molecule has 136 valence electrons. The van der Waals surface area contributed by atoms with Crippen LogP contribution in [0.3, 0.4) is 0 Å². The van der Waals surface area contributed by atoms with E-state index in [0.717, 1.165) is 16.3 Å². The Kier molecular flexibility index (Phi) is 5.84. The van der Waals surface area contributed by atoms with Crippen LogP contribution in [0.1, 0.15) is 5.56 Å². The fourth-order valence-corrected chi connectivity index (χ4v) is 2.61. The molecule has 0 atom stereocenters. The van der Waals surface area contributed by atoms with Gasteiger partial charge in [0, 0.05) is 11.8 Å². The van der Waals surface area contributed by atoms with Gasteiger partial charge in [0.1, 0.15) is 5.75 Å². The molecule has 0 fully saturated rings. The molecule has 0 aliphatic rings. The third-order valence-corrected chi connectivity index (χ3v) is 3.94. The van der Waals surface area contributed by atoms with E-state index in [0.29, 0.717) is 11.4 Å². The molecule has 0 aromatic heterocycles. The molecule has 0 aliphatic carbocycles. The predicted octanol–water partition coefficient (Wildman–Crippen LogP) is 4.04. The van der Waals surface area contributed by atoms with E-state index in [9.17, 15) is 9.59 Å². The van der Waals surface area contributed by atoms with Gasteiger partial charge in [0.15, 0.2) is 6.61 Å². The van der Waals surface area contributed by atoms with E-state index in [1.807, 2.05) is 42.5 Å². The van der Waals surface area contributed by atoms with Crippen molar-refractivity contribution in [2.75, 3.05) is 19.0 Å². The Morgan fingerprint density at radius 1 is 0.963 bits per heavy atom. The lowest BCUT2D eigenvalue weighted by atomic mass is 10.0. The highest BCUT2D eigenvalue weighted by atomic mass is 16.5. The molecule has 0 radical (unpaired) electrons. The van der Waals surface area contributed by atoms with Crippen LogP contribution in [-0.2, 0) is 14.3 Å². The van der Waals surface area contributed by atoms with Gasteiger partial charge in [-0.3, -0.25) is 4.79 Å². The van der Waals surface area contributed by atoms with E-state index in [1.54, 1.807) is 37.5 Å². The molecule has 0 unspecified atom stereocenters. The van der Waals surface area contributed by atoms with Crippen LogP contribution in [0.5, 0.6) is 5.75 Å². The highest BCUT2D eigenvalue weighted by molar-refractivity contribution is 5.97. The fraction of sp³-hybridized carbons (Fsp3) is 0.0909. The van der Waals surface area contributed by atoms with Crippen LogP contribution in [0, 0.1) is 0 Å². The molecule has 0 aliphatic heterocycles. The van der Waals surface area contributed by atoms with E-state index in [1.165, 1.54) is 6.08 Å². The van der Waals surface area contributed by atoms with Gasteiger partial charge >= 0.3 is 5.97 Å². The number of anilines is 1. The number of ether oxygens (including phenoxy) is 2. The van der Waals surface area contributed by atoms with Crippen molar-refractivity contribution in [2.45, 2.75) is 0 Å². The SMILES string of the molecule is COc1ccc(NC(=O)COC(=O)C=Cc2cccc3ccccc23)cc1. The van der Waals surface area contributed by atoms with Crippen LogP contribution in [0.25, 0.3) is 16.8 Å².